The highest BCUT2D eigenvalue weighted by Gasteiger charge is 2.03. The first-order valence-corrected chi connectivity index (χ1v) is 6.93. The smallest absolute Gasteiger partial charge is 0.140 e. The van der Waals surface area contributed by atoms with Crippen LogP contribution in [0.4, 0.5) is 4.39 Å². The van der Waals surface area contributed by atoms with Crippen molar-refractivity contribution in [2.45, 2.75) is 13.1 Å². The van der Waals surface area contributed by atoms with Crippen molar-refractivity contribution in [3.63, 3.8) is 0 Å². The number of nitrogens with zero attached hydrogens (tertiary/aromatic N) is 1. The Morgan fingerprint density at radius 3 is 2.78 bits per heavy atom. The Morgan fingerprint density at radius 1 is 1.28 bits per heavy atom. The molecule has 2 aromatic rings. The molecule has 2 nitrogen and oxygen atoms in total. The number of rotatable bonds is 4. The molecule has 0 saturated carbocycles. The summed E-state index contributed by atoms with van der Waals surface area (Å²) in [6.45, 7) is 1.38. The molecule has 0 unspecified atom stereocenters. The number of nitriles is 1. The highest BCUT2D eigenvalue weighted by molar-refractivity contribution is 9.11. The fourth-order valence-corrected chi connectivity index (χ4v) is 3.00. The lowest BCUT2D eigenvalue weighted by Crippen LogP contribution is -2.11. The van der Waals surface area contributed by atoms with Gasteiger partial charge in [-0.25, -0.2) is 4.39 Å². The molecule has 0 spiro atoms. The molecule has 0 aliphatic rings. The van der Waals surface area contributed by atoms with Gasteiger partial charge in [0.25, 0.3) is 0 Å². The van der Waals surface area contributed by atoms with Gasteiger partial charge in [-0.2, -0.15) is 5.26 Å². The SMILES string of the molecule is N#Cc1cc(CNCc2ccc(Br)s2)ccc1F. The zero-order chi connectivity index (χ0) is 13.0. The van der Waals surface area contributed by atoms with Crippen LogP contribution in [0.15, 0.2) is 34.1 Å². The molecule has 1 aromatic carbocycles. The van der Waals surface area contributed by atoms with Crippen molar-refractivity contribution in [3.05, 3.63) is 55.9 Å². The van der Waals surface area contributed by atoms with Crippen LogP contribution in [0.5, 0.6) is 0 Å². The van der Waals surface area contributed by atoms with E-state index in [2.05, 4.69) is 21.2 Å². The number of hydrogen-bond acceptors (Lipinski definition) is 3. The Kier molecular flexibility index (Phi) is 4.48. The van der Waals surface area contributed by atoms with Crippen LogP contribution in [0.25, 0.3) is 0 Å². The summed E-state index contributed by atoms with van der Waals surface area (Å²) >= 11 is 5.08. The minimum atomic E-state index is -0.469. The normalized spacial score (nSPS) is 10.3. The van der Waals surface area contributed by atoms with Gasteiger partial charge in [0.15, 0.2) is 0 Å². The van der Waals surface area contributed by atoms with E-state index >= 15 is 0 Å². The van der Waals surface area contributed by atoms with Crippen LogP contribution in [0, 0.1) is 17.1 Å². The molecule has 5 heteroatoms. The Morgan fingerprint density at radius 2 is 2.11 bits per heavy atom. The van der Waals surface area contributed by atoms with Crippen molar-refractivity contribution < 1.29 is 4.39 Å². The number of thiophene rings is 1. The molecule has 0 amide bonds. The van der Waals surface area contributed by atoms with E-state index in [4.69, 9.17) is 5.26 Å². The topological polar surface area (TPSA) is 35.8 Å². The van der Waals surface area contributed by atoms with Crippen molar-refractivity contribution >= 4 is 27.3 Å². The van der Waals surface area contributed by atoms with Crippen molar-refractivity contribution in [2.24, 2.45) is 0 Å². The lowest BCUT2D eigenvalue weighted by molar-refractivity contribution is 0.621. The first kappa shape index (κ1) is 13.2. The maximum Gasteiger partial charge on any atom is 0.140 e. The van der Waals surface area contributed by atoms with Gasteiger partial charge >= 0.3 is 0 Å². The van der Waals surface area contributed by atoms with E-state index in [0.29, 0.717) is 6.54 Å². The fourth-order valence-electron chi connectivity index (χ4n) is 1.54. The van der Waals surface area contributed by atoms with E-state index in [-0.39, 0.29) is 5.56 Å². The third-order valence-corrected chi connectivity index (χ3v) is 4.03. The van der Waals surface area contributed by atoms with Gasteiger partial charge < -0.3 is 5.32 Å². The van der Waals surface area contributed by atoms with Gasteiger partial charge in [-0.3, -0.25) is 0 Å². The zero-order valence-electron chi connectivity index (χ0n) is 9.41. The van der Waals surface area contributed by atoms with Gasteiger partial charge in [-0.05, 0) is 45.8 Å². The highest BCUT2D eigenvalue weighted by Crippen LogP contribution is 2.21. The Bertz CT molecular complexity index is 589. The highest BCUT2D eigenvalue weighted by atomic mass is 79.9. The molecule has 0 radical (unpaired) electrons. The minimum absolute atomic E-state index is 0.0909. The summed E-state index contributed by atoms with van der Waals surface area (Å²) in [5.74, 6) is -0.469. The van der Waals surface area contributed by atoms with Crippen LogP contribution in [0.1, 0.15) is 16.0 Å². The summed E-state index contributed by atoms with van der Waals surface area (Å²) < 4.78 is 14.2. The maximum absolute atomic E-state index is 13.1. The lowest BCUT2D eigenvalue weighted by Gasteiger charge is -2.04. The van der Waals surface area contributed by atoms with Gasteiger partial charge in [-0.15, -0.1) is 11.3 Å². The van der Waals surface area contributed by atoms with Crippen molar-refractivity contribution in [3.8, 4) is 6.07 Å². The molecule has 18 heavy (non-hydrogen) atoms. The molecule has 0 saturated heterocycles. The van der Waals surface area contributed by atoms with Crippen molar-refractivity contribution in [1.82, 2.24) is 5.32 Å². The van der Waals surface area contributed by atoms with E-state index < -0.39 is 5.82 Å². The van der Waals surface area contributed by atoms with E-state index in [9.17, 15) is 4.39 Å². The average Bonchev–Trinajstić information content (AvgIpc) is 2.77. The molecule has 92 valence electrons. The fraction of sp³-hybridized carbons (Fsp3) is 0.154. The molecule has 1 aromatic heterocycles. The third kappa shape index (κ3) is 3.39. The van der Waals surface area contributed by atoms with Gasteiger partial charge in [0.1, 0.15) is 11.9 Å². The zero-order valence-corrected chi connectivity index (χ0v) is 11.8. The molecule has 0 aliphatic heterocycles. The standard InChI is InChI=1S/C13H10BrFN2S/c14-13-4-2-11(18-13)8-17-7-9-1-3-12(15)10(5-9)6-16/h1-5,17H,7-8H2. The Balaban J connectivity index is 1.93. The van der Waals surface area contributed by atoms with E-state index in [0.717, 1.165) is 15.9 Å². The molecule has 1 N–H and O–H groups in total. The molecule has 1 heterocycles. The molecule has 0 atom stereocenters. The quantitative estimate of drug-likeness (QED) is 0.928. The van der Waals surface area contributed by atoms with E-state index in [1.807, 2.05) is 18.2 Å². The minimum Gasteiger partial charge on any atom is -0.308 e. The number of hydrogen-bond donors (Lipinski definition) is 1. The largest absolute Gasteiger partial charge is 0.308 e. The van der Waals surface area contributed by atoms with Crippen LogP contribution in [-0.4, -0.2) is 0 Å². The monoisotopic (exact) mass is 324 g/mol. The molecule has 0 aliphatic carbocycles. The maximum atomic E-state index is 13.1. The van der Waals surface area contributed by atoms with Crippen LogP contribution >= 0.6 is 27.3 Å². The van der Waals surface area contributed by atoms with Gasteiger partial charge in [0.05, 0.1) is 9.35 Å². The summed E-state index contributed by atoms with van der Waals surface area (Å²) in [5, 5.41) is 12.0. The Labute approximate surface area is 117 Å². The molecule has 0 bridgehead atoms. The Hall–Kier alpha value is -1.22. The summed E-state index contributed by atoms with van der Waals surface area (Å²) in [5.41, 5.74) is 0.997. The second-order valence-corrected chi connectivity index (χ2v) is 6.28. The molecular weight excluding hydrogens is 315 g/mol. The number of halogens is 2. The van der Waals surface area contributed by atoms with Crippen LogP contribution in [0.2, 0.25) is 0 Å². The first-order chi connectivity index (χ1) is 8.69. The molecule has 2 rings (SSSR count). The van der Waals surface area contributed by atoms with Crippen LogP contribution in [0.3, 0.4) is 0 Å². The summed E-state index contributed by atoms with van der Waals surface area (Å²) in [6.07, 6.45) is 0. The van der Waals surface area contributed by atoms with Crippen LogP contribution < -0.4 is 5.32 Å². The summed E-state index contributed by atoms with van der Waals surface area (Å²) in [7, 11) is 0. The van der Waals surface area contributed by atoms with E-state index in [1.165, 1.54) is 10.9 Å². The second-order valence-electron chi connectivity index (χ2n) is 3.74. The van der Waals surface area contributed by atoms with Crippen molar-refractivity contribution in [1.29, 1.82) is 5.26 Å². The first-order valence-electron chi connectivity index (χ1n) is 5.32. The van der Waals surface area contributed by atoms with Gasteiger partial charge in [0.2, 0.25) is 0 Å². The van der Waals surface area contributed by atoms with Crippen LogP contribution in [-0.2, 0) is 13.1 Å². The predicted octanol–water partition coefficient (Wildman–Crippen LogP) is 3.81. The predicted molar refractivity (Wildman–Crippen MR) is 73.7 cm³/mol. The number of nitrogens with one attached hydrogen (secondary N) is 1. The van der Waals surface area contributed by atoms with Gasteiger partial charge in [0, 0.05) is 18.0 Å². The lowest BCUT2D eigenvalue weighted by atomic mass is 10.1. The summed E-state index contributed by atoms with van der Waals surface area (Å²) in [6, 6.07) is 10.5. The third-order valence-electron chi connectivity index (χ3n) is 2.41. The molecular formula is C13H10BrFN2S. The second kappa shape index (κ2) is 6.10. The molecule has 0 fully saturated rings. The van der Waals surface area contributed by atoms with Crippen molar-refractivity contribution in [2.75, 3.05) is 0 Å². The summed E-state index contributed by atoms with van der Waals surface area (Å²) in [4.78, 5) is 1.23. The van der Waals surface area contributed by atoms with E-state index in [1.54, 1.807) is 23.5 Å². The number of benzene rings is 1. The average molecular weight is 325 g/mol. The van der Waals surface area contributed by atoms with Gasteiger partial charge in [-0.1, -0.05) is 6.07 Å².